The van der Waals surface area contributed by atoms with Gasteiger partial charge in [0.15, 0.2) is 49.2 Å². The van der Waals surface area contributed by atoms with Gasteiger partial charge in [-0.3, -0.25) is 38.6 Å². The maximum Gasteiger partial charge on any atom is 0.303 e. The number of rotatable bonds is 17. The number of ether oxygens (including phenoxy) is 13. The third kappa shape index (κ3) is 14.2. The molecule has 3 saturated heterocycles. The van der Waals surface area contributed by atoms with Crippen LogP contribution in [0.4, 0.5) is 0 Å². The summed E-state index contributed by atoms with van der Waals surface area (Å²) in [6.45, 7) is 9.98. The van der Waals surface area contributed by atoms with Gasteiger partial charge in [-0.2, -0.15) is 0 Å². The second kappa shape index (κ2) is 23.7. The molecule has 1 N–H and O–H groups in total. The lowest BCUT2D eigenvalue weighted by Crippen LogP contribution is -2.66. The Kier molecular flexibility index (Phi) is 19.1. The topological polar surface area (TPSA) is 272 Å². The van der Waals surface area contributed by atoms with Crippen LogP contribution in [-0.2, 0) is 102 Å². The van der Waals surface area contributed by atoms with E-state index in [4.69, 9.17) is 66.6 Å². The molecule has 15 atom stereocenters. The van der Waals surface area contributed by atoms with Gasteiger partial charge >= 0.3 is 41.8 Å². The van der Waals surface area contributed by atoms with Gasteiger partial charge < -0.3 is 66.7 Å². The van der Waals surface area contributed by atoms with E-state index >= 15 is 0 Å². The fourth-order valence-corrected chi connectivity index (χ4v) is 7.51. The molecule has 1 aromatic carbocycles. The van der Waals surface area contributed by atoms with E-state index in [2.05, 4.69) is 0 Å². The summed E-state index contributed by atoms with van der Waals surface area (Å²) in [5.74, 6) is -5.74. The molecule has 0 aromatic heterocycles. The molecule has 0 saturated carbocycles. The smallest absolute Gasteiger partial charge is 0.303 e. The number of aliphatic imine (C=N–C) groups is 1. The average molecular weight is 912 g/mol. The van der Waals surface area contributed by atoms with Crippen LogP contribution in [0.3, 0.4) is 0 Å². The molecule has 3 aliphatic rings. The molecule has 1 aromatic rings. The normalized spacial score (nSPS) is 32.9. The lowest BCUT2D eigenvalue weighted by atomic mass is 9.91. The zero-order valence-electron chi connectivity index (χ0n) is 37.2. The molecule has 0 aliphatic carbocycles. The van der Waals surface area contributed by atoms with E-state index in [0.717, 1.165) is 54.0 Å². The number of nitrogens with zero attached hydrogens (tertiary/aromatic N) is 1. The monoisotopic (exact) mass is 911 g/mol. The van der Waals surface area contributed by atoms with Crippen LogP contribution in [0.25, 0.3) is 0 Å². The van der Waals surface area contributed by atoms with Gasteiger partial charge in [-0.15, -0.1) is 0 Å². The van der Waals surface area contributed by atoms with Crippen LogP contribution in [0.1, 0.15) is 67.9 Å². The van der Waals surface area contributed by atoms with Crippen molar-refractivity contribution in [3.63, 3.8) is 0 Å². The molecule has 4 rings (SSSR count). The number of hydrogen-bond donors (Lipinski definition) is 1. The van der Waals surface area contributed by atoms with Crippen molar-refractivity contribution in [2.45, 2.75) is 161 Å². The van der Waals surface area contributed by atoms with E-state index in [1.165, 1.54) is 21.0 Å². The highest BCUT2D eigenvalue weighted by molar-refractivity contribution is 5.88. The van der Waals surface area contributed by atoms with Gasteiger partial charge in [-0.25, -0.2) is 0 Å². The molecule has 3 heterocycles. The maximum atomic E-state index is 12.7. The largest absolute Gasteiger partial charge is 0.463 e. The van der Waals surface area contributed by atoms with E-state index in [-0.39, 0.29) is 18.9 Å². The molecule has 0 spiro atoms. The first-order chi connectivity index (χ1) is 30.2. The van der Waals surface area contributed by atoms with Gasteiger partial charge in [0.2, 0.25) is 0 Å². The Morgan fingerprint density at radius 2 is 1.08 bits per heavy atom. The molecule has 3 fully saturated rings. The molecule has 22 heteroatoms. The van der Waals surface area contributed by atoms with Gasteiger partial charge in [0.05, 0.1) is 19.3 Å². The summed E-state index contributed by atoms with van der Waals surface area (Å²) < 4.78 is 75.5. The van der Waals surface area contributed by atoms with E-state index < -0.39 is 140 Å². The highest BCUT2D eigenvalue weighted by Crippen LogP contribution is 2.36. The summed E-state index contributed by atoms with van der Waals surface area (Å²) in [6.07, 6.45) is -20.2. The Balaban J connectivity index is 1.85. The third-order valence-corrected chi connectivity index (χ3v) is 9.95. The third-order valence-electron chi connectivity index (χ3n) is 9.95. The van der Waals surface area contributed by atoms with Crippen LogP contribution in [0.15, 0.2) is 35.3 Å². The number of benzene rings is 1. The maximum absolute atomic E-state index is 12.7. The summed E-state index contributed by atoms with van der Waals surface area (Å²) in [5.41, 5.74) is 0.861. The fourth-order valence-electron chi connectivity index (χ4n) is 7.51. The SMILES string of the molecule is CO[C@@H]1O[C@H](COCc2ccccc2)[C@@H](O)[C@H](O[C@@H]2O[C@H](COC(C)=O)[C@H](OC(C)=O)[C@H](OC(C)=O)[C@H]2OC(C)=O)[C@H]1N=C(C)[C@@H]1O[C@@H](C)[C@H](OC(C)=O)[C@@H](OC(C)=O)[C@H]1OC(C)=O. The summed E-state index contributed by atoms with van der Waals surface area (Å²) >= 11 is 0. The quantitative estimate of drug-likeness (QED) is 0.129. The molecular weight excluding hydrogens is 854 g/mol. The fraction of sp³-hybridized carbons (Fsp3) is 0.667. The predicted molar refractivity (Wildman–Crippen MR) is 212 cm³/mol. The molecule has 0 bridgehead atoms. The molecule has 3 aliphatic heterocycles. The van der Waals surface area contributed by atoms with Crippen molar-refractivity contribution < 1.29 is 100 Å². The summed E-state index contributed by atoms with van der Waals surface area (Å²) in [7, 11) is 1.29. The second-order valence-electron chi connectivity index (χ2n) is 15.2. The van der Waals surface area contributed by atoms with Crippen molar-refractivity contribution in [3.05, 3.63) is 35.9 Å². The van der Waals surface area contributed by atoms with Crippen molar-refractivity contribution in [1.29, 1.82) is 0 Å². The van der Waals surface area contributed by atoms with Crippen LogP contribution in [0, 0.1) is 0 Å². The van der Waals surface area contributed by atoms with Gasteiger partial charge in [-0.1, -0.05) is 30.3 Å². The van der Waals surface area contributed by atoms with Crippen LogP contribution in [0.5, 0.6) is 0 Å². The number of carbonyl (C=O) groups excluding carboxylic acids is 7. The number of aliphatic hydroxyl groups is 1. The molecule has 0 radical (unpaired) electrons. The van der Waals surface area contributed by atoms with Crippen LogP contribution in [0.2, 0.25) is 0 Å². The number of methoxy groups -OCH3 is 1. The van der Waals surface area contributed by atoms with Crippen molar-refractivity contribution >= 4 is 47.5 Å². The first-order valence-corrected chi connectivity index (χ1v) is 20.4. The molecule has 22 nitrogen and oxygen atoms in total. The molecule has 64 heavy (non-hydrogen) atoms. The molecule has 356 valence electrons. The van der Waals surface area contributed by atoms with Gasteiger partial charge in [0, 0.05) is 61.3 Å². The predicted octanol–water partition coefficient (Wildman–Crippen LogP) is 0.816. The minimum absolute atomic E-state index is 0.0494. The van der Waals surface area contributed by atoms with E-state index in [9.17, 15) is 38.7 Å². The van der Waals surface area contributed by atoms with Gasteiger partial charge in [0.1, 0.15) is 43.2 Å². The Labute approximate surface area is 369 Å². The van der Waals surface area contributed by atoms with Crippen LogP contribution >= 0.6 is 0 Å². The van der Waals surface area contributed by atoms with Crippen molar-refractivity contribution in [3.8, 4) is 0 Å². The number of carbonyl (C=O) groups is 7. The zero-order valence-corrected chi connectivity index (χ0v) is 37.2. The Hall–Kier alpha value is -5.10. The van der Waals surface area contributed by atoms with Crippen molar-refractivity contribution in [2.24, 2.45) is 4.99 Å². The first-order valence-electron chi connectivity index (χ1n) is 20.4. The average Bonchev–Trinajstić information content (AvgIpc) is 3.20. The molecular formula is C42H57NO21. The number of hydrogen-bond acceptors (Lipinski definition) is 22. The van der Waals surface area contributed by atoms with E-state index in [1.807, 2.05) is 30.3 Å². The Morgan fingerprint density at radius 1 is 0.578 bits per heavy atom. The van der Waals surface area contributed by atoms with E-state index in [0.29, 0.717) is 0 Å². The Bertz CT molecular complexity index is 1820. The Morgan fingerprint density at radius 3 is 1.62 bits per heavy atom. The van der Waals surface area contributed by atoms with Crippen LogP contribution in [-0.4, -0.2) is 165 Å². The van der Waals surface area contributed by atoms with Crippen molar-refractivity contribution in [2.75, 3.05) is 20.3 Å². The molecule has 0 unspecified atom stereocenters. The van der Waals surface area contributed by atoms with Gasteiger partial charge in [0.25, 0.3) is 0 Å². The highest BCUT2D eigenvalue weighted by Gasteiger charge is 2.57. The number of esters is 7. The molecule has 0 amide bonds. The zero-order chi connectivity index (χ0) is 47.4. The minimum Gasteiger partial charge on any atom is -0.463 e. The van der Waals surface area contributed by atoms with Gasteiger partial charge in [-0.05, 0) is 19.4 Å². The van der Waals surface area contributed by atoms with Crippen molar-refractivity contribution in [1.82, 2.24) is 0 Å². The highest BCUT2D eigenvalue weighted by atomic mass is 16.8. The van der Waals surface area contributed by atoms with Crippen LogP contribution < -0.4 is 0 Å². The van der Waals surface area contributed by atoms with E-state index in [1.54, 1.807) is 0 Å². The summed E-state index contributed by atoms with van der Waals surface area (Å²) in [4.78, 5) is 91.4. The standard InChI is InChI=1S/C42H57NO21/c1-19(33-37(58-24(6)47)38(59-25(7)48)34(20(2)55-33)56-22(4)45)43-31-36(32(51)29(62-41(31)52-10)17-53-16-28-14-12-11-13-15-28)64-42-40(61-27(9)50)39(60-26(8)49)35(57-23(5)46)30(63-42)18-54-21(3)44/h11-15,20,29-42,51H,16-18H2,1-10H3/t20-,29+,30+,31+,32+,33-,34-,35-,36+,37-,38+,39-,40+,41+,42-/m0/s1. The minimum atomic E-state index is -1.79. The summed E-state index contributed by atoms with van der Waals surface area (Å²) in [5, 5.41) is 12.2. The lowest BCUT2D eigenvalue weighted by Gasteiger charge is -2.48. The second-order valence-corrected chi connectivity index (χ2v) is 15.2. The summed E-state index contributed by atoms with van der Waals surface area (Å²) in [6, 6.07) is 7.73. The number of aliphatic hydroxyl groups excluding tert-OH is 1. The first kappa shape index (κ1) is 51.5. The lowest BCUT2D eigenvalue weighted by molar-refractivity contribution is -0.344.